The fourth-order valence-electron chi connectivity index (χ4n) is 1.89. The third kappa shape index (κ3) is 5.04. The molecule has 0 aliphatic carbocycles. The van der Waals surface area contributed by atoms with Crippen LogP contribution >= 0.6 is 11.3 Å². The second-order valence-electron chi connectivity index (χ2n) is 4.79. The van der Waals surface area contributed by atoms with Crippen molar-refractivity contribution < 1.29 is 9.59 Å². The number of carbonyl (C=O) groups is 2. The van der Waals surface area contributed by atoms with Crippen molar-refractivity contribution in [3.05, 3.63) is 52.2 Å². The molecule has 0 unspecified atom stereocenters. The van der Waals surface area contributed by atoms with Crippen molar-refractivity contribution in [2.45, 2.75) is 19.8 Å². The number of hydrogen-bond donors (Lipinski definition) is 2. The van der Waals surface area contributed by atoms with Gasteiger partial charge in [-0.2, -0.15) is 11.3 Å². The Balaban J connectivity index is 1.67. The predicted molar refractivity (Wildman–Crippen MR) is 85.7 cm³/mol. The molecule has 1 aromatic carbocycles. The van der Waals surface area contributed by atoms with E-state index in [1.54, 1.807) is 11.4 Å². The minimum atomic E-state index is -0.0876. The maximum absolute atomic E-state index is 11.8. The molecule has 0 atom stereocenters. The van der Waals surface area contributed by atoms with Gasteiger partial charge in [-0.3, -0.25) is 9.59 Å². The lowest BCUT2D eigenvalue weighted by Crippen LogP contribution is -2.25. The highest BCUT2D eigenvalue weighted by Crippen LogP contribution is 2.10. The highest BCUT2D eigenvalue weighted by Gasteiger charge is 2.06. The van der Waals surface area contributed by atoms with Gasteiger partial charge < -0.3 is 10.6 Å². The summed E-state index contributed by atoms with van der Waals surface area (Å²) in [5.74, 6) is -0.124. The molecule has 1 heterocycles. The van der Waals surface area contributed by atoms with E-state index in [2.05, 4.69) is 10.6 Å². The second kappa shape index (κ2) is 7.59. The van der Waals surface area contributed by atoms with E-state index in [4.69, 9.17) is 0 Å². The van der Waals surface area contributed by atoms with Crippen molar-refractivity contribution in [2.24, 2.45) is 0 Å². The molecule has 21 heavy (non-hydrogen) atoms. The smallest absolute Gasteiger partial charge is 0.252 e. The normalized spacial score (nSPS) is 10.1. The molecule has 0 aliphatic heterocycles. The Kier molecular flexibility index (Phi) is 5.51. The van der Waals surface area contributed by atoms with Gasteiger partial charge in [-0.15, -0.1) is 0 Å². The van der Waals surface area contributed by atoms with Gasteiger partial charge in [0.2, 0.25) is 5.91 Å². The van der Waals surface area contributed by atoms with Crippen LogP contribution in [0, 0.1) is 6.92 Å². The molecule has 0 bridgehead atoms. The lowest BCUT2D eigenvalue weighted by molar-refractivity contribution is -0.116. The summed E-state index contributed by atoms with van der Waals surface area (Å²) < 4.78 is 0. The summed E-state index contributed by atoms with van der Waals surface area (Å²) >= 11 is 1.49. The summed E-state index contributed by atoms with van der Waals surface area (Å²) in [5.41, 5.74) is 2.59. The highest BCUT2D eigenvalue weighted by molar-refractivity contribution is 7.08. The minimum Gasteiger partial charge on any atom is -0.352 e. The molecule has 110 valence electrons. The zero-order valence-electron chi connectivity index (χ0n) is 11.9. The number of nitrogens with one attached hydrogen (secondary N) is 2. The number of hydrogen-bond acceptors (Lipinski definition) is 3. The maximum Gasteiger partial charge on any atom is 0.252 e. The van der Waals surface area contributed by atoms with Crippen molar-refractivity contribution in [2.75, 3.05) is 11.9 Å². The van der Waals surface area contributed by atoms with E-state index < -0.39 is 0 Å². The van der Waals surface area contributed by atoms with Gasteiger partial charge in [-0.05, 0) is 42.5 Å². The highest BCUT2D eigenvalue weighted by atomic mass is 32.1. The monoisotopic (exact) mass is 302 g/mol. The molecule has 0 aliphatic rings. The van der Waals surface area contributed by atoms with Crippen LogP contribution in [0.4, 0.5) is 5.69 Å². The van der Waals surface area contributed by atoms with Crippen LogP contribution in [0.25, 0.3) is 0 Å². The lowest BCUT2D eigenvalue weighted by Gasteiger charge is -2.06. The summed E-state index contributed by atoms with van der Waals surface area (Å²) in [5, 5.41) is 9.32. The lowest BCUT2D eigenvalue weighted by atomic mass is 10.2. The molecule has 2 amide bonds. The molecule has 0 spiro atoms. The summed E-state index contributed by atoms with van der Waals surface area (Å²) in [7, 11) is 0. The van der Waals surface area contributed by atoms with E-state index in [-0.39, 0.29) is 11.8 Å². The molecule has 0 saturated carbocycles. The van der Waals surface area contributed by atoms with Gasteiger partial charge in [-0.25, -0.2) is 0 Å². The molecule has 0 fully saturated rings. The molecule has 4 nitrogen and oxygen atoms in total. The number of carbonyl (C=O) groups excluding carboxylic acids is 2. The molecule has 2 rings (SSSR count). The quantitative estimate of drug-likeness (QED) is 0.805. The number of amides is 2. The predicted octanol–water partition coefficient (Wildman–Crippen LogP) is 3.21. The Morgan fingerprint density at radius 3 is 2.81 bits per heavy atom. The fraction of sp³-hybridized carbons (Fsp3) is 0.250. The molecule has 2 N–H and O–H groups in total. The summed E-state index contributed by atoms with van der Waals surface area (Å²) in [6.45, 7) is 2.48. The largest absolute Gasteiger partial charge is 0.352 e. The molecule has 2 aromatic rings. The van der Waals surface area contributed by atoms with E-state index in [0.29, 0.717) is 24.9 Å². The van der Waals surface area contributed by atoms with Gasteiger partial charge in [-0.1, -0.05) is 12.1 Å². The first-order valence-corrected chi connectivity index (χ1v) is 7.76. The Morgan fingerprint density at radius 1 is 1.24 bits per heavy atom. The van der Waals surface area contributed by atoms with Crippen molar-refractivity contribution in [3.63, 3.8) is 0 Å². The van der Waals surface area contributed by atoms with Gasteiger partial charge >= 0.3 is 0 Å². The topological polar surface area (TPSA) is 58.2 Å². The van der Waals surface area contributed by atoms with Crippen LogP contribution in [-0.2, 0) is 4.79 Å². The first kappa shape index (κ1) is 15.3. The second-order valence-corrected chi connectivity index (χ2v) is 5.57. The number of rotatable bonds is 6. The van der Waals surface area contributed by atoms with E-state index in [0.717, 1.165) is 11.3 Å². The maximum atomic E-state index is 11.8. The van der Waals surface area contributed by atoms with Crippen molar-refractivity contribution >= 4 is 28.8 Å². The summed E-state index contributed by atoms with van der Waals surface area (Å²) in [6, 6.07) is 9.46. The van der Waals surface area contributed by atoms with Crippen LogP contribution < -0.4 is 10.6 Å². The van der Waals surface area contributed by atoms with E-state index in [1.165, 1.54) is 11.3 Å². The Bertz CT molecular complexity index is 608. The summed E-state index contributed by atoms with van der Waals surface area (Å²) in [6.07, 6.45) is 1.01. The zero-order valence-corrected chi connectivity index (χ0v) is 12.7. The molecular weight excluding hydrogens is 284 g/mol. The molecule has 0 saturated heterocycles. The van der Waals surface area contributed by atoms with Crippen LogP contribution in [0.2, 0.25) is 0 Å². The van der Waals surface area contributed by atoms with Crippen LogP contribution in [0.3, 0.4) is 0 Å². The number of benzene rings is 1. The van der Waals surface area contributed by atoms with Crippen LogP contribution in [-0.4, -0.2) is 18.4 Å². The van der Waals surface area contributed by atoms with Crippen molar-refractivity contribution in [1.29, 1.82) is 0 Å². The van der Waals surface area contributed by atoms with E-state index in [9.17, 15) is 9.59 Å². The van der Waals surface area contributed by atoms with Crippen LogP contribution in [0.1, 0.15) is 28.8 Å². The van der Waals surface area contributed by atoms with Gasteiger partial charge in [0.1, 0.15) is 0 Å². The van der Waals surface area contributed by atoms with Gasteiger partial charge in [0, 0.05) is 29.6 Å². The Morgan fingerprint density at radius 2 is 2.10 bits per heavy atom. The third-order valence-electron chi connectivity index (χ3n) is 2.95. The number of anilines is 1. The number of thiophene rings is 1. The minimum absolute atomic E-state index is 0.0367. The van der Waals surface area contributed by atoms with Crippen molar-refractivity contribution in [3.8, 4) is 0 Å². The average Bonchev–Trinajstić information content (AvgIpc) is 2.97. The van der Waals surface area contributed by atoms with E-state index >= 15 is 0 Å². The molecule has 5 heteroatoms. The molecule has 0 radical (unpaired) electrons. The van der Waals surface area contributed by atoms with Crippen molar-refractivity contribution in [1.82, 2.24) is 5.32 Å². The first-order chi connectivity index (χ1) is 10.1. The average molecular weight is 302 g/mol. The molecule has 1 aromatic heterocycles. The van der Waals surface area contributed by atoms with Gasteiger partial charge in [0.15, 0.2) is 0 Å². The molecular formula is C16H18N2O2S. The van der Waals surface area contributed by atoms with E-state index in [1.807, 2.05) is 36.6 Å². The fourth-order valence-corrected chi connectivity index (χ4v) is 2.53. The van der Waals surface area contributed by atoms with Crippen LogP contribution in [0.5, 0.6) is 0 Å². The Labute approximate surface area is 128 Å². The first-order valence-electron chi connectivity index (χ1n) is 6.82. The summed E-state index contributed by atoms with van der Waals surface area (Å²) in [4.78, 5) is 23.4. The Hall–Kier alpha value is -2.14. The zero-order chi connectivity index (χ0) is 15.1. The standard InChI is InChI=1S/C16H18N2O2S/c1-12-4-2-5-14(10-12)18-15(19)6-3-8-17-16(20)13-7-9-21-11-13/h2,4-5,7,9-11H,3,6,8H2,1H3,(H,17,20)(H,18,19). The number of aryl methyl sites for hydroxylation is 1. The third-order valence-corrected chi connectivity index (χ3v) is 3.63. The van der Waals surface area contributed by atoms with Crippen LogP contribution in [0.15, 0.2) is 41.1 Å². The van der Waals surface area contributed by atoms with Gasteiger partial charge in [0.25, 0.3) is 5.91 Å². The van der Waals surface area contributed by atoms with Gasteiger partial charge in [0.05, 0.1) is 0 Å². The SMILES string of the molecule is Cc1cccc(NC(=O)CCCNC(=O)c2ccsc2)c1.